The van der Waals surface area contributed by atoms with Gasteiger partial charge in [0.05, 0.1) is 12.7 Å². The lowest BCUT2D eigenvalue weighted by molar-refractivity contribution is -0.0151. The van der Waals surface area contributed by atoms with Crippen LogP contribution in [0.4, 0.5) is 0 Å². The molecule has 0 bridgehead atoms. The van der Waals surface area contributed by atoms with Crippen molar-refractivity contribution in [1.29, 1.82) is 0 Å². The Balaban J connectivity index is 2.43. The Morgan fingerprint density at radius 3 is 2.25 bits per heavy atom. The van der Waals surface area contributed by atoms with E-state index in [4.69, 9.17) is 14.0 Å². The van der Waals surface area contributed by atoms with Gasteiger partial charge < -0.3 is 9.47 Å². The predicted molar refractivity (Wildman–Crippen MR) is 77.5 cm³/mol. The van der Waals surface area contributed by atoms with E-state index in [0.29, 0.717) is 6.61 Å². The van der Waals surface area contributed by atoms with Crippen molar-refractivity contribution in [1.82, 2.24) is 0 Å². The highest BCUT2D eigenvalue weighted by atomic mass is 32.2. The number of benzene rings is 1. The molecule has 0 aliphatic heterocycles. The molecule has 0 aliphatic rings. The molecule has 0 radical (unpaired) electrons. The van der Waals surface area contributed by atoms with Crippen molar-refractivity contribution in [2.75, 3.05) is 19.0 Å². The molecule has 0 aromatic heterocycles. The summed E-state index contributed by atoms with van der Waals surface area (Å²) in [6.45, 7) is 6.16. The molecule has 20 heavy (non-hydrogen) atoms. The number of hydrogen-bond donors (Lipinski definition) is 1. The molecule has 0 aliphatic carbocycles. The van der Waals surface area contributed by atoms with Crippen molar-refractivity contribution in [3.63, 3.8) is 0 Å². The van der Waals surface area contributed by atoms with Crippen LogP contribution in [0.2, 0.25) is 0 Å². The molecule has 0 spiro atoms. The van der Waals surface area contributed by atoms with Crippen molar-refractivity contribution >= 4 is 10.1 Å². The fourth-order valence-electron chi connectivity index (χ4n) is 1.61. The first-order valence-corrected chi connectivity index (χ1v) is 8.04. The Morgan fingerprint density at radius 2 is 1.75 bits per heavy atom. The normalized spacial score (nSPS) is 14.0. The van der Waals surface area contributed by atoms with Crippen LogP contribution in [0.25, 0.3) is 0 Å². The summed E-state index contributed by atoms with van der Waals surface area (Å²) in [5, 5.41) is 0. The lowest BCUT2D eigenvalue weighted by Gasteiger charge is -2.29. The summed E-state index contributed by atoms with van der Waals surface area (Å²) in [5.74, 6) is 0.320. The van der Waals surface area contributed by atoms with Gasteiger partial charge in [-0.2, -0.15) is 8.42 Å². The maximum atomic E-state index is 11.0. The van der Waals surface area contributed by atoms with Gasteiger partial charge in [0.15, 0.2) is 0 Å². The van der Waals surface area contributed by atoms with Gasteiger partial charge >= 0.3 is 0 Å². The van der Waals surface area contributed by atoms with Gasteiger partial charge in [0.2, 0.25) is 0 Å². The Morgan fingerprint density at radius 1 is 1.15 bits per heavy atom. The highest BCUT2D eigenvalue weighted by Gasteiger charge is 2.29. The standard InChI is InChI=1S/C14H22O5S/c1-14(2,3)13(11-20(15,16)17)19-10-9-18-12-7-5-4-6-8-12/h4-8,13H,9-11H2,1-3H3,(H,15,16,17). The molecule has 0 fully saturated rings. The smallest absolute Gasteiger partial charge is 0.267 e. The molecule has 1 rings (SSSR count). The van der Waals surface area contributed by atoms with Crippen LogP contribution in [0.3, 0.4) is 0 Å². The molecular formula is C14H22O5S. The predicted octanol–water partition coefficient (Wildman–Crippen LogP) is 2.38. The van der Waals surface area contributed by atoms with Crippen LogP contribution in [-0.2, 0) is 14.9 Å². The zero-order chi connectivity index (χ0) is 15.2. The quantitative estimate of drug-likeness (QED) is 0.618. The Labute approximate surface area is 120 Å². The monoisotopic (exact) mass is 302 g/mol. The molecule has 5 nitrogen and oxygen atoms in total. The van der Waals surface area contributed by atoms with Crippen molar-refractivity contribution < 1.29 is 22.4 Å². The largest absolute Gasteiger partial charge is 0.491 e. The zero-order valence-electron chi connectivity index (χ0n) is 12.1. The molecule has 1 unspecified atom stereocenters. The van der Waals surface area contributed by atoms with Gasteiger partial charge in [-0.05, 0) is 17.5 Å². The van der Waals surface area contributed by atoms with Gasteiger partial charge in [-0.3, -0.25) is 4.55 Å². The summed E-state index contributed by atoms with van der Waals surface area (Å²) in [5.41, 5.74) is -0.386. The number of rotatable bonds is 7. The molecular weight excluding hydrogens is 280 g/mol. The third-order valence-corrected chi connectivity index (χ3v) is 3.47. The summed E-state index contributed by atoms with van der Waals surface area (Å²) in [4.78, 5) is 0. The second kappa shape index (κ2) is 7.06. The van der Waals surface area contributed by atoms with Crippen LogP contribution in [-0.4, -0.2) is 38.0 Å². The first-order chi connectivity index (χ1) is 9.18. The van der Waals surface area contributed by atoms with E-state index in [0.717, 1.165) is 5.75 Å². The highest BCUT2D eigenvalue weighted by Crippen LogP contribution is 2.23. The van der Waals surface area contributed by atoms with Crippen LogP contribution < -0.4 is 4.74 Å². The average molecular weight is 302 g/mol. The molecule has 1 aromatic carbocycles. The van der Waals surface area contributed by atoms with Crippen LogP contribution >= 0.6 is 0 Å². The SMILES string of the molecule is CC(C)(C)C(CS(=O)(=O)O)OCCOc1ccccc1. The van der Waals surface area contributed by atoms with Gasteiger partial charge in [0.25, 0.3) is 10.1 Å². The minimum atomic E-state index is -4.06. The van der Waals surface area contributed by atoms with Crippen LogP contribution in [0.1, 0.15) is 20.8 Å². The molecule has 1 aromatic rings. The Bertz CT molecular complexity index is 490. The summed E-state index contributed by atoms with van der Waals surface area (Å²) < 4.78 is 41.9. The van der Waals surface area contributed by atoms with E-state index in [-0.39, 0.29) is 12.0 Å². The Hall–Kier alpha value is -1.11. The first kappa shape index (κ1) is 16.9. The van der Waals surface area contributed by atoms with Gasteiger partial charge in [0, 0.05) is 0 Å². The molecule has 0 saturated carbocycles. The van der Waals surface area contributed by atoms with Crippen molar-refractivity contribution in [2.45, 2.75) is 26.9 Å². The van der Waals surface area contributed by atoms with Gasteiger partial charge in [0.1, 0.15) is 18.1 Å². The Kier molecular flexibility index (Phi) is 5.98. The summed E-state index contributed by atoms with van der Waals surface area (Å²) in [6.07, 6.45) is -0.586. The minimum Gasteiger partial charge on any atom is -0.491 e. The van der Waals surface area contributed by atoms with Crippen LogP contribution in [0.15, 0.2) is 30.3 Å². The van der Waals surface area contributed by atoms with E-state index < -0.39 is 22.0 Å². The van der Waals surface area contributed by atoms with E-state index in [1.807, 2.05) is 51.1 Å². The van der Waals surface area contributed by atoms with Gasteiger partial charge in [-0.25, -0.2) is 0 Å². The van der Waals surface area contributed by atoms with Crippen molar-refractivity contribution in [2.24, 2.45) is 5.41 Å². The number of hydrogen-bond acceptors (Lipinski definition) is 4. The van der Waals surface area contributed by atoms with E-state index in [2.05, 4.69) is 0 Å². The number of ether oxygens (including phenoxy) is 2. The minimum absolute atomic E-state index is 0.256. The maximum Gasteiger partial charge on any atom is 0.267 e. The molecule has 6 heteroatoms. The highest BCUT2D eigenvalue weighted by molar-refractivity contribution is 7.85. The molecule has 1 atom stereocenters. The third-order valence-electron chi connectivity index (χ3n) is 2.74. The zero-order valence-corrected chi connectivity index (χ0v) is 12.9. The third kappa shape index (κ3) is 6.88. The van der Waals surface area contributed by atoms with E-state index in [1.54, 1.807) is 0 Å². The summed E-state index contributed by atoms with van der Waals surface area (Å²) >= 11 is 0. The number of para-hydroxylation sites is 1. The van der Waals surface area contributed by atoms with Gasteiger partial charge in [-0.15, -0.1) is 0 Å². The molecule has 0 heterocycles. The average Bonchev–Trinajstić information content (AvgIpc) is 2.32. The topological polar surface area (TPSA) is 72.8 Å². The van der Waals surface area contributed by atoms with Crippen molar-refractivity contribution in [3.05, 3.63) is 30.3 Å². The molecule has 1 N–H and O–H groups in total. The lowest BCUT2D eigenvalue weighted by Crippen LogP contribution is -2.36. The van der Waals surface area contributed by atoms with Crippen molar-refractivity contribution in [3.8, 4) is 5.75 Å². The van der Waals surface area contributed by atoms with Gasteiger partial charge in [-0.1, -0.05) is 39.0 Å². The fraction of sp³-hybridized carbons (Fsp3) is 0.571. The van der Waals surface area contributed by atoms with E-state index in [9.17, 15) is 8.42 Å². The summed E-state index contributed by atoms with van der Waals surface area (Å²) in [7, 11) is -4.06. The fourth-order valence-corrected chi connectivity index (χ4v) is 2.58. The lowest BCUT2D eigenvalue weighted by atomic mass is 9.90. The molecule has 114 valence electrons. The van der Waals surface area contributed by atoms with Crippen LogP contribution in [0.5, 0.6) is 5.75 Å². The maximum absolute atomic E-state index is 11.0. The second-order valence-corrected chi connectivity index (χ2v) is 7.13. The van der Waals surface area contributed by atoms with Crippen LogP contribution in [0, 0.1) is 5.41 Å². The van der Waals surface area contributed by atoms with E-state index >= 15 is 0 Å². The first-order valence-electron chi connectivity index (χ1n) is 6.43. The molecule has 0 saturated heterocycles. The molecule has 0 amide bonds. The van der Waals surface area contributed by atoms with E-state index in [1.165, 1.54) is 0 Å². The summed E-state index contributed by atoms with van der Waals surface area (Å²) in [6, 6.07) is 9.29. The second-order valence-electron chi connectivity index (χ2n) is 5.64.